The third-order valence-electron chi connectivity index (χ3n) is 4.94. The van der Waals surface area contributed by atoms with Crippen LogP contribution in [0, 0.1) is 0 Å². The highest BCUT2D eigenvalue weighted by molar-refractivity contribution is 7.18. The van der Waals surface area contributed by atoms with Crippen molar-refractivity contribution in [3.63, 3.8) is 0 Å². The minimum Gasteiger partial charge on any atom is -0.377 e. The van der Waals surface area contributed by atoms with E-state index in [1.807, 2.05) is 25.2 Å². The molecular weight excluding hydrogens is 390 g/mol. The normalized spacial score (nSPS) is 16.9. The van der Waals surface area contributed by atoms with Crippen molar-refractivity contribution in [2.24, 2.45) is 0 Å². The van der Waals surface area contributed by atoms with E-state index >= 15 is 0 Å². The number of ether oxygens (including phenoxy) is 1. The summed E-state index contributed by atoms with van der Waals surface area (Å²) in [5.74, 6) is 0.119. The van der Waals surface area contributed by atoms with Crippen LogP contribution in [-0.4, -0.2) is 53.5 Å². The SMILES string of the molecule is CN(Cc1nc2ccccc2s1)C(=O)CN(Cc1cccs1)C[C@@H]1CCCO1. The zero-order valence-electron chi connectivity index (χ0n) is 16.0. The molecule has 4 rings (SSSR count). The predicted molar refractivity (Wildman–Crippen MR) is 115 cm³/mol. The Labute approximate surface area is 173 Å². The number of aromatic nitrogens is 1. The molecule has 0 aliphatic carbocycles. The van der Waals surface area contributed by atoms with Gasteiger partial charge in [0.05, 0.1) is 29.4 Å². The second kappa shape index (κ2) is 9.13. The molecule has 0 unspecified atom stereocenters. The number of hydrogen-bond donors (Lipinski definition) is 0. The number of nitrogens with zero attached hydrogens (tertiary/aromatic N) is 3. The van der Waals surface area contributed by atoms with Gasteiger partial charge in [0.2, 0.25) is 5.91 Å². The van der Waals surface area contributed by atoms with Crippen LogP contribution in [0.1, 0.15) is 22.7 Å². The molecule has 3 heterocycles. The molecule has 1 saturated heterocycles. The molecule has 1 aliphatic rings. The second-order valence-corrected chi connectivity index (χ2v) is 9.36. The molecule has 0 N–H and O–H groups in total. The molecule has 7 heteroatoms. The first-order valence-corrected chi connectivity index (χ1v) is 11.3. The second-order valence-electron chi connectivity index (χ2n) is 7.21. The Balaban J connectivity index is 1.38. The van der Waals surface area contributed by atoms with Crippen LogP contribution in [0.4, 0.5) is 0 Å². The summed E-state index contributed by atoms with van der Waals surface area (Å²) in [6, 6.07) is 12.3. The topological polar surface area (TPSA) is 45.7 Å². The number of carbonyl (C=O) groups is 1. The van der Waals surface area contributed by atoms with Gasteiger partial charge in [-0.2, -0.15) is 0 Å². The lowest BCUT2D eigenvalue weighted by Gasteiger charge is -2.26. The molecule has 1 fully saturated rings. The number of para-hydroxylation sites is 1. The summed E-state index contributed by atoms with van der Waals surface area (Å²) in [6.07, 6.45) is 2.43. The van der Waals surface area contributed by atoms with Crippen molar-refractivity contribution < 1.29 is 9.53 Å². The number of thiophene rings is 1. The monoisotopic (exact) mass is 415 g/mol. The maximum atomic E-state index is 12.9. The average molecular weight is 416 g/mol. The fraction of sp³-hybridized carbons (Fsp3) is 0.429. The summed E-state index contributed by atoms with van der Waals surface area (Å²) >= 11 is 3.39. The smallest absolute Gasteiger partial charge is 0.236 e. The van der Waals surface area contributed by atoms with Crippen molar-refractivity contribution in [2.75, 3.05) is 26.7 Å². The third kappa shape index (κ3) is 4.97. The number of amides is 1. The summed E-state index contributed by atoms with van der Waals surface area (Å²) in [5.41, 5.74) is 1.00. The van der Waals surface area contributed by atoms with E-state index in [9.17, 15) is 4.79 Å². The molecule has 5 nitrogen and oxygen atoms in total. The Morgan fingerprint density at radius 2 is 2.14 bits per heavy atom. The predicted octanol–water partition coefficient (Wildman–Crippen LogP) is 4.00. The van der Waals surface area contributed by atoms with Crippen LogP contribution in [-0.2, 0) is 22.6 Å². The highest BCUT2D eigenvalue weighted by Crippen LogP contribution is 2.22. The lowest BCUT2D eigenvalue weighted by atomic mass is 10.2. The van der Waals surface area contributed by atoms with Gasteiger partial charge in [0.15, 0.2) is 0 Å². The van der Waals surface area contributed by atoms with Gasteiger partial charge in [-0.1, -0.05) is 18.2 Å². The molecule has 28 heavy (non-hydrogen) atoms. The van der Waals surface area contributed by atoms with Crippen LogP contribution >= 0.6 is 22.7 Å². The maximum absolute atomic E-state index is 12.9. The lowest BCUT2D eigenvalue weighted by Crippen LogP contribution is -2.40. The number of benzene rings is 1. The number of hydrogen-bond acceptors (Lipinski definition) is 6. The molecule has 1 aliphatic heterocycles. The Hall–Kier alpha value is -1.80. The quantitative estimate of drug-likeness (QED) is 0.558. The van der Waals surface area contributed by atoms with Crippen LogP contribution in [0.3, 0.4) is 0 Å². The molecule has 148 valence electrons. The van der Waals surface area contributed by atoms with E-state index in [1.165, 1.54) is 4.88 Å². The molecule has 0 bridgehead atoms. The van der Waals surface area contributed by atoms with Gasteiger partial charge in [-0.25, -0.2) is 4.98 Å². The van der Waals surface area contributed by atoms with E-state index in [-0.39, 0.29) is 12.0 Å². The number of thiazole rings is 1. The standard InChI is InChI=1S/C21H25N3O2S2/c1-23(14-20-22-18-8-2-3-9-19(18)28-20)21(25)15-24(12-16-6-4-10-26-16)13-17-7-5-11-27-17/h2-3,5,7-9,11,16H,4,6,10,12-15H2,1H3/t16-/m0/s1. The van der Waals surface area contributed by atoms with E-state index in [4.69, 9.17) is 4.74 Å². The molecule has 1 aromatic carbocycles. The first kappa shape index (κ1) is 19.5. The van der Waals surface area contributed by atoms with Crippen molar-refractivity contribution >= 4 is 38.8 Å². The summed E-state index contributed by atoms with van der Waals surface area (Å²) in [7, 11) is 1.86. The van der Waals surface area contributed by atoms with E-state index < -0.39 is 0 Å². The van der Waals surface area contributed by atoms with Crippen LogP contribution < -0.4 is 0 Å². The van der Waals surface area contributed by atoms with Crippen molar-refractivity contribution in [2.45, 2.75) is 32.0 Å². The van der Waals surface area contributed by atoms with Crippen molar-refractivity contribution in [3.05, 3.63) is 51.7 Å². The minimum absolute atomic E-state index is 0.119. The van der Waals surface area contributed by atoms with Gasteiger partial charge in [-0.05, 0) is 36.4 Å². The summed E-state index contributed by atoms with van der Waals surface area (Å²) < 4.78 is 6.97. The lowest BCUT2D eigenvalue weighted by molar-refractivity contribution is -0.132. The Morgan fingerprint density at radius 1 is 1.25 bits per heavy atom. The maximum Gasteiger partial charge on any atom is 0.236 e. The number of fused-ring (bicyclic) bond motifs is 1. The minimum atomic E-state index is 0.119. The van der Waals surface area contributed by atoms with Crippen LogP contribution in [0.2, 0.25) is 0 Å². The molecule has 3 aromatic rings. The highest BCUT2D eigenvalue weighted by atomic mass is 32.1. The largest absolute Gasteiger partial charge is 0.377 e. The summed E-state index contributed by atoms with van der Waals surface area (Å²) in [5, 5.41) is 3.06. The van der Waals surface area contributed by atoms with Gasteiger partial charge < -0.3 is 9.64 Å². The van der Waals surface area contributed by atoms with Gasteiger partial charge >= 0.3 is 0 Å². The molecule has 1 atom stereocenters. The van der Waals surface area contributed by atoms with Gasteiger partial charge in [-0.15, -0.1) is 22.7 Å². The zero-order chi connectivity index (χ0) is 19.3. The molecule has 0 spiro atoms. The van der Waals surface area contributed by atoms with E-state index in [0.717, 1.165) is 47.8 Å². The fourth-order valence-electron chi connectivity index (χ4n) is 3.47. The number of rotatable bonds is 8. The first-order valence-electron chi connectivity index (χ1n) is 9.62. The highest BCUT2D eigenvalue weighted by Gasteiger charge is 2.23. The average Bonchev–Trinajstić information content (AvgIpc) is 3.43. The number of carbonyl (C=O) groups excluding carboxylic acids is 1. The molecule has 0 radical (unpaired) electrons. The van der Waals surface area contributed by atoms with Gasteiger partial charge in [0, 0.05) is 31.6 Å². The van der Waals surface area contributed by atoms with E-state index in [0.29, 0.717) is 13.1 Å². The van der Waals surface area contributed by atoms with Gasteiger partial charge in [0.25, 0.3) is 0 Å². The zero-order valence-corrected chi connectivity index (χ0v) is 17.7. The molecule has 2 aromatic heterocycles. The van der Waals surface area contributed by atoms with Crippen molar-refractivity contribution in [3.8, 4) is 0 Å². The first-order chi connectivity index (χ1) is 13.7. The summed E-state index contributed by atoms with van der Waals surface area (Å²) in [6.45, 7) is 3.38. The third-order valence-corrected chi connectivity index (χ3v) is 6.82. The van der Waals surface area contributed by atoms with Gasteiger partial charge in [-0.3, -0.25) is 9.69 Å². The summed E-state index contributed by atoms with van der Waals surface area (Å²) in [4.78, 5) is 22.8. The van der Waals surface area contributed by atoms with E-state index in [1.54, 1.807) is 27.6 Å². The Kier molecular flexibility index (Phi) is 6.36. The Bertz CT molecular complexity index is 870. The van der Waals surface area contributed by atoms with Crippen LogP contribution in [0.5, 0.6) is 0 Å². The van der Waals surface area contributed by atoms with E-state index in [2.05, 4.69) is 33.5 Å². The van der Waals surface area contributed by atoms with Crippen molar-refractivity contribution in [1.29, 1.82) is 0 Å². The van der Waals surface area contributed by atoms with Crippen LogP contribution in [0.15, 0.2) is 41.8 Å². The van der Waals surface area contributed by atoms with Crippen LogP contribution in [0.25, 0.3) is 10.2 Å². The molecular formula is C21H25N3O2S2. The van der Waals surface area contributed by atoms with Gasteiger partial charge in [0.1, 0.15) is 5.01 Å². The fourth-order valence-corrected chi connectivity index (χ4v) is 5.24. The van der Waals surface area contributed by atoms with Crippen molar-refractivity contribution in [1.82, 2.24) is 14.8 Å². The Morgan fingerprint density at radius 3 is 2.89 bits per heavy atom. The number of likely N-dealkylation sites (N-methyl/N-ethyl adjacent to an activating group) is 1. The molecule has 1 amide bonds. The molecule has 0 saturated carbocycles.